The van der Waals surface area contributed by atoms with Crippen molar-refractivity contribution in [2.45, 2.75) is 45.6 Å². The minimum absolute atomic E-state index is 0.00566. The van der Waals surface area contributed by atoms with E-state index < -0.39 is 10.0 Å². The fourth-order valence-corrected chi connectivity index (χ4v) is 4.58. The van der Waals surface area contributed by atoms with Crippen LogP contribution in [0.5, 0.6) is 0 Å². The van der Waals surface area contributed by atoms with E-state index in [1.807, 2.05) is 34.9 Å². The third-order valence-electron chi connectivity index (χ3n) is 4.26. The summed E-state index contributed by atoms with van der Waals surface area (Å²) in [5, 5.41) is 2.87. The zero-order chi connectivity index (χ0) is 19.5. The lowest BCUT2D eigenvalue weighted by molar-refractivity contribution is 0.0941. The molecule has 1 aromatic rings. The second-order valence-corrected chi connectivity index (χ2v) is 9.24. The molecule has 2 heterocycles. The summed E-state index contributed by atoms with van der Waals surface area (Å²) < 4.78 is 26.2. The van der Waals surface area contributed by atoms with Gasteiger partial charge >= 0.3 is 0 Å². The van der Waals surface area contributed by atoms with Crippen LogP contribution in [-0.4, -0.2) is 67.6 Å². The van der Waals surface area contributed by atoms with E-state index in [-0.39, 0.29) is 23.6 Å². The van der Waals surface area contributed by atoms with Crippen molar-refractivity contribution in [3.8, 4) is 0 Å². The van der Waals surface area contributed by atoms with E-state index in [1.165, 1.54) is 4.31 Å². The van der Waals surface area contributed by atoms with E-state index in [0.717, 1.165) is 0 Å². The number of anilines is 1. The van der Waals surface area contributed by atoms with Crippen LogP contribution < -0.4 is 10.2 Å². The van der Waals surface area contributed by atoms with Crippen LogP contribution in [-0.2, 0) is 10.0 Å². The lowest BCUT2D eigenvalue weighted by Crippen LogP contribution is -2.33. The van der Waals surface area contributed by atoms with Crippen molar-refractivity contribution < 1.29 is 13.2 Å². The molecule has 1 unspecified atom stereocenters. The van der Waals surface area contributed by atoms with Gasteiger partial charge in [0.2, 0.25) is 16.0 Å². The van der Waals surface area contributed by atoms with E-state index in [4.69, 9.17) is 0 Å². The Bertz CT molecular complexity index is 749. The van der Waals surface area contributed by atoms with Gasteiger partial charge in [0.1, 0.15) is 0 Å². The zero-order valence-electron chi connectivity index (χ0n) is 16.2. The lowest BCUT2D eigenvalue weighted by atomic mass is 9.99. The maximum atomic E-state index is 12.6. The van der Waals surface area contributed by atoms with Crippen LogP contribution in [0.2, 0.25) is 0 Å². The molecule has 9 heteroatoms. The van der Waals surface area contributed by atoms with Crippen LogP contribution >= 0.6 is 0 Å². The Hall–Kier alpha value is -1.74. The number of hydrogen-bond donors (Lipinski definition) is 1. The Morgan fingerprint density at radius 1 is 1.42 bits per heavy atom. The molecule has 1 amide bonds. The van der Waals surface area contributed by atoms with Gasteiger partial charge in [-0.2, -0.15) is 0 Å². The van der Waals surface area contributed by atoms with E-state index in [0.29, 0.717) is 43.1 Å². The van der Waals surface area contributed by atoms with Crippen molar-refractivity contribution in [2.24, 2.45) is 0 Å². The summed E-state index contributed by atoms with van der Waals surface area (Å²) in [6.07, 6.45) is 2.77. The molecule has 26 heavy (non-hydrogen) atoms. The summed E-state index contributed by atoms with van der Waals surface area (Å²) >= 11 is 0. The highest BCUT2D eigenvalue weighted by Gasteiger charge is 2.34. The SMILES string of the molecule is CCCS(=O)(=O)N1CCC(c2nc(N(C)C)ncc2C(=O)NC(C)C)C1. The summed E-state index contributed by atoms with van der Waals surface area (Å²) in [6, 6.07) is -0.00566. The minimum Gasteiger partial charge on any atom is -0.350 e. The molecule has 0 spiro atoms. The van der Waals surface area contributed by atoms with E-state index in [1.54, 1.807) is 11.1 Å². The first-order chi connectivity index (χ1) is 12.2. The van der Waals surface area contributed by atoms with E-state index in [2.05, 4.69) is 15.3 Å². The van der Waals surface area contributed by atoms with Gasteiger partial charge in [0.15, 0.2) is 0 Å². The molecule has 1 N–H and O–H groups in total. The average Bonchev–Trinajstić information content (AvgIpc) is 3.04. The molecule has 1 aliphatic heterocycles. The summed E-state index contributed by atoms with van der Waals surface area (Å²) in [4.78, 5) is 23.2. The van der Waals surface area contributed by atoms with Gasteiger partial charge in [0.25, 0.3) is 5.91 Å². The third kappa shape index (κ3) is 4.70. The summed E-state index contributed by atoms with van der Waals surface area (Å²) in [7, 11) is 0.415. The number of carbonyl (C=O) groups is 1. The van der Waals surface area contributed by atoms with Gasteiger partial charge in [-0.1, -0.05) is 6.92 Å². The standard InChI is InChI=1S/C17H29N5O3S/c1-6-9-26(24,25)22-8-7-13(11-22)15-14(16(23)19-12(2)3)10-18-17(20-15)21(4)5/h10,12-13H,6-9,11H2,1-5H3,(H,19,23). The Kier molecular flexibility index (Phi) is 6.57. The first kappa shape index (κ1) is 20.6. The Morgan fingerprint density at radius 3 is 2.69 bits per heavy atom. The van der Waals surface area contributed by atoms with Crippen LogP contribution in [0, 0.1) is 0 Å². The van der Waals surface area contributed by atoms with Crippen LogP contribution in [0.1, 0.15) is 55.6 Å². The monoisotopic (exact) mass is 383 g/mol. The maximum Gasteiger partial charge on any atom is 0.254 e. The molecule has 0 saturated carbocycles. The highest BCUT2D eigenvalue weighted by Crippen LogP contribution is 2.31. The predicted molar refractivity (Wildman–Crippen MR) is 102 cm³/mol. The van der Waals surface area contributed by atoms with Crippen LogP contribution in [0.15, 0.2) is 6.20 Å². The normalized spacial score (nSPS) is 18.3. The smallest absolute Gasteiger partial charge is 0.254 e. The van der Waals surface area contributed by atoms with Gasteiger partial charge in [-0.25, -0.2) is 22.7 Å². The molecule has 1 aromatic heterocycles. The number of aromatic nitrogens is 2. The molecule has 1 fully saturated rings. The molecule has 0 aromatic carbocycles. The van der Waals surface area contributed by atoms with Crippen molar-refractivity contribution in [1.82, 2.24) is 19.6 Å². The van der Waals surface area contributed by atoms with Gasteiger partial charge in [0.05, 0.1) is 17.0 Å². The lowest BCUT2D eigenvalue weighted by Gasteiger charge is -2.19. The number of sulfonamides is 1. The van der Waals surface area contributed by atoms with Crippen molar-refractivity contribution in [3.05, 3.63) is 17.5 Å². The molecule has 146 valence electrons. The van der Waals surface area contributed by atoms with Crippen LogP contribution in [0.25, 0.3) is 0 Å². The summed E-state index contributed by atoms with van der Waals surface area (Å²) in [6.45, 7) is 6.45. The number of nitrogens with one attached hydrogen (secondary N) is 1. The number of nitrogens with zero attached hydrogens (tertiary/aromatic N) is 4. The Morgan fingerprint density at radius 2 is 2.12 bits per heavy atom. The fraction of sp³-hybridized carbons (Fsp3) is 0.706. The number of carbonyl (C=O) groups excluding carboxylic acids is 1. The Balaban J connectivity index is 2.34. The molecule has 1 atom stereocenters. The molecular formula is C17H29N5O3S. The quantitative estimate of drug-likeness (QED) is 0.760. The van der Waals surface area contributed by atoms with Gasteiger partial charge in [0, 0.05) is 45.3 Å². The van der Waals surface area contributed by atoms with Crippen molar-refractivity contribution >= 4 is 21.9 Å². The second-order valence-electron chi connectivity index (χ2n) is 7.15. The molecule has 8 nitrogen and oxygen atoms in total. The highest BCUT2D eigenvalue weighted by atomic mass is 32.2. The number of amides is 1. The van der Waals surface area contributed by atoms with Crippen molar-refractivity contribution in [2.75, 3.05) is 37.8 Å². The van der Waals surface area contributed by atoms with E-state index in [9.17, 15) is 13.2 Å². The summed E-state index contributed by atoms with van der Waals surface area (Å²) in [5.41, 5.74) is 1.04. The molecule has 1 aliphatic rings. The number of rotatable bonds is 7. The molecule has 0 radical (unpaired) electrons. The zero-order valence-corrected chi connectivity index (χ0v) is 17.0. The first-order valence-corrected chi connectivity index (χ1v) is 10.6. The topological polar surface area (TPSA) is 95.5 Å². The Labute approximate surface area is 156 Å². The van der Waals surface area contributed by atoms with Gasteiger partial charge in [-0.3, -0.25) is 4.79 Å². The van der Waals surface area contributed by atoms with E-state index >= 15 is 0 Å². The van der Waals surface area contributed by atoms with Crippen molar-refractivity contribution in [1.29, 1.82) is 0 Å². The maximum absolute atomic E-state index is 12.6. The second kappa shape index (κ2) is 8.30. The average molecular weight is 384 g/mol. The fourth-order valence-electron chi connectivity index (χ4n) is 3.02. The minimum atomic E-state index is -3.25. The summed E-state index contributed by atoms with van der Waals surface area (Å²) in [5.74, 6) is 0.315. The molecule has 0 aliphatic carbocycles. The van der Waals surface area contributed by atoms with Gasteiger partial charge < -0.3 is 10.2 Å². The largest absolute Gasteiger partial charge is 0.350 e. The van der Waals surface area contributed by atoms with Crippen LogP contribution in [0.3, 0.4) is 0 Å². The number of hydrogen-bond acceptors (Lipinski definition) is 6. The van der Waals surface area contributed by atoms with Crippen LogP contribution in [0.4, 0.5) is 5.95 Å². The molecular weight excluding hydrogens is 354 g/mol. The molecule has 0 bridgehead atoms. The third-order valence-corrected chi connectivity index (χ3v) is 6.31. The first-order valence-electron chi connectivity index (χ1n) is 8.98. The predicted octanol–water partition coefficient (Wildman–Crippen LogP) is 1.21. The van der Waals surface area contributed by atoms with Gasteiger partial charge in [-0.15, -0.1) is 0 Å². The van der Waals surface area contributed by atoms with Gasteiger partial charge in [-0.05, 0) is 26.7 Å². The molecule has 2 rings (SSSR count). The molecule has 1 saturated heterocycles. The van der Waals surface area contributed by atoms with Crippen molar-refractivity contribution in [3.63, 3.8) is 0 Å². The highest BCUT2D eigenvalue weighted by molar-refractivity contribution is 7.89.